The van der Waals surface area contributed by atoms with Crippen LogP contribution in [-0.4, -0.2) is 11.1 Å². The minimum Gasteiger partial charge on any atom is -0.456 e. The lowest BCUT2D eigenvalue weighted by atomic mass is 9.61. The first-order valence-corrected chi connectivity index (χ1v) is 24.1. The summed E-state index contributed by atoms with van der Waals surface area (Å²) in [6.07, 6.45) is 9.85. The number of rotatable bonds is 4. The number of benzene rings is 7. The maximum absolute atomic E-state index is 7.08. The van der Waals surface area contributed by atoms with Crippen molar-refractivity contribution in [3.05, 3.63) is 168 Å². The Morgan fingerprint density at radius 2 is 0.938 bits per heavy atom. The maximum atomic E-state index is 7.08. The van der Waals surface area contributed by atoms with Gasteiger partial charge in [-0.3, -0.25) is 0 Å². The van der Waals surface area contributed by atoms with Gasteiger partial charge in [0, 0.05) is 55.3 Å². The van der Waals surface area contributed by atoms with E-state index >= 15 is 0 Å². The fourth-order valence-electron chi connectivity index (χ4n) is 14.4. The molecular formula is C61H58N2O. The molecular weight excluding hydrogens is 777 g/mol. The fraction of sp³-hybridized carbons (Fsp3) is 0.311. The standard InChI is InChI=1S/C61H58N2O/c1-57(2)48-35-39(40-26-29-51-49(36-40)58(3)31-15-17-33-60(58,5)62(51)42-19-9-7-10-20-42)25-28-44(48)47-38-46(54-45-23-13-14-24-53(45)64-56(54)55(47)57)41-27-30-52-50(37-41)59(4)32-16-18-34-61(59,6)63(52)43-21-11-8-12-22-43/h7-14,19-30,35-38H,15-18,31-34H2,1-6H3. The molecule has 3 nitrogen and oxygen atoms in total. The normalized spacial score (nSPS) is 26.1. The number of hydrogen-bond donors (Lipinski definition) is 0. The first-order chi connectivity index (χ1) is 31.0. The molecule has 0 N–H and O–H groups in total. The SMILES string of the molecule is CC1(C)c2cc(-c3ccc4c(c3)C3(C)CCCCC3(C)N4c3ccccc3)ccc2-c2cc(-c3ccc4c(c3)C3(C)CCCCC3(C)N4c3ccccc3)c3c(oc4ccccc43)c21. The van der Waals surface area contributed by atoms with Gasteiger partial charge in [-0.2, -0.15) is 0 Å². The predicted molar refractivity (Wildman–Crippen MR) is 268 cm³/mol. The van der Waals surface area contributed by atoms with E-state index in [4.69, 9.17) is 4.42 Å². The minimum absolute atomic E-state index is 0.00227. The van der Waals surface area contributed by atoms with E-state index in [1.807, 2.05) is 0 Å². The molecule has 3 heteroatoms. The molecule has 0 radical (unpaired) electrons. The van der Waals surface area contributed by atoms with Gasteiger partial charge in [0.25, 0.3) is 0 Å². The average Bonchev–Trinajstić information content (AvgIpc) is 3.94. The van der Waals surface area contributed by atoms with Crippen molar-refractivity contribution in [1.82, 2.24) is 0 Å². The number of hydrogen-bond acceptors (Lipinski definition) is 3. The van der Waals surface area contributed by atoms with Crippen molar-refractivity contribution in [2.45, 2.75) is 120 Å². The third-order valence-electron chi connectivity index (χ3n) is 18.1. The lowest BCUT2D eigenvalue weighted by Gasteiger charge is -2.50. The fourth-order valence-corrected chi connectivity index (χ4v) is 14.4. The highest BCUT2D eigenvalue weighted by Crippen LogP contribution is 2.64. The molecule has 8 aromatic rings. The van der Waals surface area contributed by atoms with Crippen LogP contribution in [0.25, 0.3) is 55.3 Å². The summed E-state index contributed by atoms with van der Waals surface area (Å²) in [5, 5.41) is 2.42. The molecule has 13 rings (SSSR count). The summed E-state index contributed by atoms with van der Waals surface area (Å²) in [7, 11) is 0. The first kappa shape index (κ1) is 38.4. The van der Waals surface area contributed by atoms with Crippen LogP contribution in [0.4, 0.5) is 22.7 Å². The molecule has 0 saturated heterocycles. The third-order valence-corrected chi connectivity index (χ3v) is 18.1. The van der Waals surface area contributed by atoms with Gasteiger partial charge in [0.1, 0.15) is 11.2 Å². The van der Waals surface area contributed by atoms with Gasteiger partial charge in [-0.25, -0.2) is 0 Å². The van der Waals surface area contributed by atoms with Crippen LogP contribution in [-0.2, 0) is 16.2 Å². The van der Waals surface area contributed by atoms with Crippen molar-refractivity contribution < 1.29 is 4.42 Å². The molecule has 7 aromatic carbocycles. The zero-order valence-corrected chi connectivity index (χ0v) is 38.3. The van der Waals surface area contributed by atoms with E-state index in [-0.39, 0.29) is 27.3 Å². The van der Waals surface area contributed by atoms with E-state index in [9.17, 15) is 0 Å². The van der Waals surface area contributed by atoms with E-state index in [1.54, 1.807) is 0 Å². The second-order valence-electron chi connectivity index (χ2n) is 21.5. The number of para-hydroxylation sites is 3. The van der Waals surface area contributed by atoms with Gasteiger partial charge in [-0.1, -0.05) is 132 Å². The zero-order valence-electron chi connectivity index (χ0n) is 38.3. The molecule has 3 aliphatic carbocycles. The molecule has 2 aliphatic heterocycles. The largest absolute Gasteiger partial charge is 0.456 e. The van der Waals surface area contributed by atoms with Crippen LogP contribution >= 0.6 is 0 Å². The van der Waals surface area contributed by atoms with Gasteiger partial charge >= 0.3 is 0 Å². The Balaban J connectivity index is 0.973. The molecule has 318 valence electrons. The van der Waals surface area contributed by atoms with E-state index in [0.717, 1.165) is 11.2 Å². The molecule has 0 bridgehead atoms. The van der Waals surface area contributed by atoms with Crippen LogP contribution in [0.2, 0.25) is 0 Å². The van der Waals surface area contributed by atoms with E-state index in [0.29, 0.717) is 0 Å². The van der Waals surface area contributed by atoms with Crippen molar-refractivity contribution in [1.29, 1.82) is 0 Å². The Morgan fingerprint density at radius 1 is 0.438 bits per heavy atom. The molecule has 0 amide bonds. The van der Waals surface area contributed by atoms with Gasteiger partial charge in [0.15, 0.2) is 0 Å². The highest BCUT2D eigenvalue weighted by atomic mass is 16.3. The lowest BCUT2D eigenvalue weighted by Crippen LogP contribution is -2.54. The maximum Gasteiger partial charge on any atom is 0.140 e. The zero-order chi connectivity index (χ0) is 43.4. The topological polar surface area (TPSA) is 19.6 Å². The lowest BCUT2D eigenvalue weighted by molar-refractivity contribution is 0.195. The van der Waals surface area contributed by atoms with Gasteiger partial charge in [0.2, 0.25) is 0 Å². The summed E-state index contributed by atoms with van der Waals surface area (Å²) in [6, 6.07) is 55.5. The molecule has 2 saturated carbocycles. The van der Waals surface area contributed by atoms with Crippen LogP contribution < -0.4 is 9.80 Å². The van der Waals surface area contributed by atoms with Crippen LogP contribution in [0.1, 0.15) is 115 Å². The Morgan fingerprint density at radius 3 is 1.55 bits per heavy atom. The molecule has 4 unspecified atom stereocenters. The van der Waals surface area contributed by atoms with E-state index in [2.05, 4.69) is 197 Å². The molecule has 0 spiro atoms. The monoisotopic (exact) mass is 834 g/mol. The second-order valence-corrected chi connectivity index (χ2v) is 21.5. The smallest absolute Gasteiger partial charge is 0.140 e. The quantitative estimate of drug-likeness (QED) is 0.176. The van der Waals surface area contributed by atoms with Gasteiger partial charge in [-0.05, 0) is 156 Å². The molecule has 1 aromatic heterocycles. The average molecular weight is 835 g/mol. The van der Waals surface area contributed by atoms with Crippen LogP contribution in [0.5, 0.6) is 0 Å². The first-order valence-electron chi connectivity index (χ1n) is 24.1. The van der Waals surface area contributed by atoms with Gasteiger partial charge < -0.3 is 14.2 Å². The summed E-state index contributed by atoms with van der Waals surface area (Å²) in [6.45, 7) is 15.0. The summed E-state index contributed by atoms with van der Waals surface area (Å²) in [4.78, 5) is 5.36. The van der Waals surface area contributed by atoms with E-state index < -0.39 is 0 Å². The van der Waals surface area contributed by atoms with Crippen LogP contribution in [0.3, 0.4) is 0 Å². The Bertz CT molecular complexity index is 3230. The highest BCUT2D eigenvalue weighted by Gasteiger charge is 2.59. The summed E-state index contributed by atoms with van der Waals surface area (Å²) in [5.74, 6) is 0. The third kappa shape index (κ3) is 4.78. The highest BCUT2D eigenvalue weighted by molar-refractivity contribution is 6.16. The van der Waals surface area contributed by atoms with E-state index in [1.165, 1.54) is 141 Å². The predicted octanol–water partition coefficient (Wildman–Crippen LogP) is 16.7. The van der Waals surface area contributed by atoms with Gasteiger partial charge in [-0.15, -0.1) is 0 Å². The summed E-state index contributed by atoms with van der Waals surface area (Å²) < 4.78 is 7.08. The molecule has 3 heterocycles. The van der Waals surface area contributed by atoms with Crippen LogP contribution in [0.15, 0.2) is 150 Å². The minimum atomic E-state index is -0.272. The van der Waals surface area contributed by atoms with Crippen molar-refractivity contribution >= 4 is 44.7 Å². The Hall–Kier alpha value is -6.06. The summed E-state index contributed by atoms with van der Waals surface area (Å²) in [5.41, 5.74) is 20.5. The number of anilines is 4. The Labute approximate surface area is 378 Å². The van der Waals surface area contributed by atoms with Crippen molar-refractivity contribution in [3.63, 3.8) is 0 Å². The molecule has 64 heavy (non-hydrogen) atoms. The molecule has 2 fully saturated rings. The number of fused-ring (bicyclic) bond motifs is 13. The molecule has 4 atom stereocenters. The number of nitrogens with zero attached hydrogens (tertiary/aromatic N) is 2. The van der Waals surface area contributed by atoms with Crippen molar-refractivity contribution in [2.24, 2.45) is 0 Å². The Kier molecular flexibility index (Phi) is 7.82. The second kappa shape index (κ2) is 13.0. The van der Waals surface area contributed by atoms with Crippen molar-refractivity contribution in [3.8, 4) is 33.4 Å². The van der Waals surface area contributed by atoms with Crippen LogP contribution in [0, 0.1) is 0 Å². The number of furan rings is 1. The molecule has 5 aliphatic rings. The van der Waals surface area contributed by atoms with Gasteiger partial charge in [0.05, 0.1) is 11.1 Å². The summed E-state index contributed by atoms with van der Waals surface area (Å²) >= 11 is 0. The van der Waals surface area contributed by atoms with Crippen molar-refractivity contribution in [2.75, 3.05) is 9.80 Å².